The first-order valence-corrected chi connectivity index (χ1v) is 9.23. The van der Waals surface area contributed by atoms with Crippen molar-refractivity contribution in [3.05, 3.63) is 54.1 Å². The number of imidazole rings is 1. The molecule has 3 aromatic rings. The zero-order chi connectivity index (χ0) is 17.5. The maximum absolute atomic E-state index is 12.4. The van der Waals surface area contributed by atoms with Crippen molar-refractivity contribution in [2.24, 2.45) is 5.92 Å². The third kappa shape index (κ3) is 2.78. The summed E-state index contributed by atoms with van der Waals surface area (Å²) in [6.07, 6.45) is 3.45. The van der Waals surface area contributed by atoms with E-state index in [4.69, 9.17) is 4.74 Å². The van der Waals surface area contributed by atoms with Gasteiger partial charge in [-0.05, 0) is 37.0 Å². The highest BCUT2D eigenvalue weighted by molar-refractivity contribution is 5.80. The van der Waals surface area contributed by atoms with Crippen LogP contribution in [-0.2, 0) is 16.1 Å². The van der Waals surface area contributed by atoms with Gasteiger partial charge in [-0.1, -0.05) is 36.4 Å². The van der Waals surface area contributed by atoms with Gasteiger partial charge in [-0.3, -0.25) is 4.79 Å². The van der Waals surface area contributed by atoms with Crippen molar-refractivity contribution in [3.8, 4) is 11.4 Å². The molecule has 1 aromatic heterocycles. The predicted octanol–water partition coefficient (Wildman–Crippen LogP) is 3.41. The Bertz CT molecular complexity index is 914. The molecule has 26 heavy (non-hydrogen) atoms. The molecule has 2 fully saturated rings. The molecule has 132 valence electrons. The third-order valence-electron chi connectivity index (χ3n) is 5.53. The van der Waals surface area contributed by atoms with Crippen LogP contribution in [0, 0.1) is 5.92 Å². The maximum atomic E-state index is 12.4. The molecule has 2 aromatic carbocycles. The molecule has 2 aliphatic heterocycles. The van der Waals surface area contributed by atoms with Crippen LogP contribution in [0.1, 0.15) is 24.8 Å². The van der Waals surface area contributed by atoms with Crippen molar-refractivity contribution in [2.75, 3.05) is 0 Å². The normalized spacial score (nSPS) is 24.2. The van der Waals surface area contributed by atoms with Crippen molar-refractivity contribution < 1.29 is 9.53 Å². The van der Waals surface area contributed by atoms with Gasteiger partial charge in [-0.25, -0.2) is 4.98 Å². The van der Waals surface area contributed by atoms with Gasteiger partial charge in [0.2, 0.25) is 5.91 Å². The molecule has 1 amide bonds. The highest BCUT2D eigenvalue weighted by Crippen LogP contribution is 2.38. The molecule has 2 bridgehead atoms. The smallest absolute Gasteiger partial charge is 0.226 e. The quantitative estimate of drug-likeness (QED) is 0.760. The van der Waals surface area contributed by atoms with Crippen LogP contribution in [-0.4, -0.2) is 28.1 Å². The largest absolute Gasteiger partial charge is 0.374 e. The number of ether oxygens (including phenoxy) is 1. The minimum atomic E-state index is 0.0311. The zero-order valence-electron chi connectivity index (χ0n) is 14.4. The van der Waals surface area contributed by atoms with Gasteiger partial charge in [0.1, 0.15) is 5.82 Å². The monoisotopic (exact) mass is 347 g/mol. The van der Waals surface area contributed by atoms with Gasteiger partial charge >= 0.3 is 0 Å². The van der Waals surface area contributed by atoms with E-state index in [9.17, 15) is 4.79 Å². The number of hydrogen-bond acceptors (Lipinski definition) is 3. The number of rotatable bonds is 4. The second-order valence-corrected chi connectivity index (χ2v) is 7.23. The van der Waals surface area contributed by atoms with Crippen molar-refractivity contribution in [2.45, 2.75) is 38.0 Å². The van der Waals surface area contributed by atoms with Gasteiger partial charge in [-0.15, -0.1) is 0 Å². The van der Waals surface area contributed by atoms with E-state index in [0.717, 1.165) is 47.2 Å². The van der Waals surface area contributed by atoms with E-state index >= 15 is 0 Å². The second kappa shape index (κ2) is 6.25. The number of para-hydroxylation sites is 2. The Morgan fingerprint density at radius 3 is 2.73 bits per heavy atom. The van der Waals surface area contributed by atoms with Gasteiger partial charge in [-0.2, -0.15) is 0 Å². The molecular formula is C21H21N3O2. The molecule has 0 aliphatic carbocycles. The Balaban J connectivity index is 1.24. The van der Waals surface area contributed by atoms with Crippen molar-refractivity contribution >= 4 is 16.9 Å². The lowest BCUT2D eigenvalue weighted by Crippen LogP contribution is -2.35. The molecule has 2 aliphatic rings. The molecule has 5 nitrogen and oxygen atoms in total. The van der Waals surface area contributed by atoms with E-state index in [0.29, 0.717) is 12.6 Å². The minimum Gasteiger partial charge on any atom is -0.374 e. The first-order valence-electron chi connectivity index (χ1n) is 9.23. The Labute approximate surface area is 151 Å². The summed E-state index contributed by atoms with van der Waals surface area (Å²) < 4.78 is 5.78. The molecule has 2 N–H and O–H groups in total. The molecule has 5 heteroatoms. The summed E-state index contributed by atoms with van der Waals surface area (Å²) >= 11 is 0. The molecule has 0 unspecified atom stereocenters. The predicted molar refractivity (Wildman–Crippen MR) is 99.4 cm³/mol. The number of nitrogens with one attached hydrogen (secondary N) is 2. The number of H-pyrrole nitrogens is 1. The maximum Gasteiger partial charge on any atom is 0.226 e. The van der Waals surface area contributed by atoms with E-state index in [-0.39, 0.29) is 17.9 Å². The standard InChI is InChI=1S/C21H21N3O2/c25-21(16-11-15-9-10-19(16)26-15)22-12-13-5-7-14(8-6-13)20-23-17-3-1-2-4-18(17)24-20/h1-8,15-16,19H,9-12H2,(H,22,25)(H,23,24)/t15-,16+,19-/m1/s1. The Hall–Kier alpha value is -2.66. The minimum absolute atomic E-state index is 0.0311. The Kier molecular flexibility index (Phi) is 3.75. The van der Waals surface area contributed by atoms with Crippen LogP contribution in [0.3, 0.4) is 0 Å². The number of benzene rings is 2. The fourth-order valence-electron chi connectivity index (χ4n) is 4.10. The van der Waals surface area contributed by atoms with Gasteiger partial charge in [0.05, 0.1) is 29.2 Å². The summed E-state index contributed by atoms with van der Waals surface area (Å²) in [5, 5.41) is 3.06. The zero-order valence-corrected chi connectivity index (χ0v) is 14.4. The molecule has 3 atom stereocenters. The molecule has 0 radical (unpaired) electrons. The summed E-state index contributed by atoms with van der Waals surface area (Å²) in [7, 11) is 0. The fourth-order valence-corrected chi connectivity index (χ4v) is 4.10. The first-order chi connectivity index (χ1) is 12.8. The number of carbonyl (C=O) groups excluding carboxylic acids is 1. The summed E-state index contributed by atoms with van der Waals surface area (Å²) in [5.74, 6) is 1.02. The molecular weight excluding hydrogens is 326 g/mol. The van der Waals surface area contributed by atoms with E-state index in [1.165, 1.54) is 0 Å². The van der Waals surface area contributed by atoms with E-state index < -0.39 is 0 Å². The molecule has 0 saturated carbocycles. The summed E-state index contributed by atoms with van der Waals surface area (Å²) in [5.41, 5.74) is 4.12. The Morgan fingerprint density at radius 2 is 2.00 bits per heavy atom. The average molecular weight is 347 g/mol. The number of nitrogens with zero attached hydrogens (tertiary/aromatic N) is 1. The average Bonchev–Trinajstić information content (AvgIpc) is 3.41. The number of aromatic nitrogens is 2. The lowest BCUT2D eigenvalue weighted by atomic mass is 9.88. The summed E-state index contributed by atoms with van der Waals surface area (Å²) in [6.45, 7) is 0.549. The fraction of sp³-hybridized carbons (Fsp3) is 0.333. The van der Waals surface area contributed by atoms with Crippen molar-refractivity contribution in [3.63, 3.8) is 0 Å². The van der Waals surface area contributed by atoms with Crippen LogP contribution in [0.5, 0.6) is 0 Å². The van der Waals surface area contributed by atoms with Gasteiger partial charge in [0.15, 0.2) is 0 Å². The molecule has 5 rings (SSSR count). The van der Waals surface area contributed by atoms with Crippen molar-refractivity contribution in [1.29, 1.82) is 0 Å². The van der Waals surface area contributed by atoms with E-state index in [1.54, 1.807) is 0 Å². The lowest BCUT2D eigenvalue weighted by Gasteiger charge is -2.18. The highest BCUT2D eigenvalue weighted by atomic mass is 16.5. The first kappa shape index (κ1) is 15.6. The summed E-state index contributed by atoms with van der Waals surface area (Å²) in [4.78, 5) is 20.4. The number of fused-ring (bicyclic) bond motifs is 3. The molecule has 3 heterocycles. The van der Waals surface area contributed by atoms with Crippen LogP contribution < -0.4 is 5.32 Å². The topological polar surface area (TPSA) is 67.0 Å². The van der Waals surface area contributed by atoms with E-state index in [1.807, 2.05) is 48.5 Å². The van der Waals surface area contributed by atoms with Crippen molar-refractivity contribution in [1.82, 2.24) is 15.3 Å². The highest BCUT2D eigenvalue weighted by Gasteiger charge is 2.44. The third-order valence-corrected chi connectivity index (χ3v) is 5.53. The van der Waals surface area contributed by atoms with E-state index in [2.05, 4.69) is 15.3 Å². The van der Waals surface area contributed by atoms with Crippen LogP contribution in [0.4, 0.5) is 0 Å². The van der Waals surface area contributed by atoms with Gasteiger partial charge in [0.25, 0.3) is 0 Å². The van der Waals surface area contributed by atoms with Crippen LogP contribution in [0.15, 0.2) is 48.5 Å². The number of amides is 1. The van der Waals surface area contributed by atoms with Gasteiger partial charge in [0, 0.05) is 12.1 Å². The number of aromatic amines is 1. The SMILES string of the molecule is O=C(NCc1ccc(-c2nc3ccccc3[nH]2)cc1)[C@H]1C[C@H]2CC[C@H]1O2. The van der Waals surface area contributed by atoms with Crippen LogP contribution in [0.2, 0.25) is 0 Å². The van der Waals surface area contributed by atoms with Gasteiger partial charge < -0.3 is 15.0 Å². The molecule has 0 spiro atoms. The number of carbonyl (C=O) groups is 1. The van der Waals surface area contributed by atoms with Crippen LogP contribution in [0.25, 0.3) is 22.4 Å². The lowest BCUT2D eigenvalue weighted by molar-refractivity contribution is -0.126. The number of hydrogen-bond donors (Lipinski definition) is 2. The second-order valence-electron chi connectivity index (χ2n) is 7.23. The Morgan fingerprint density at radius 1 is 1.15 bits per heavy atom. The summed E-state index contributed by atoms with van der Waals surface area (Å²) in [6, 6.07) is 16.2. The molecule has 2 saturated heterocycles. The van der Waals surface area contributed by atoms with Crippen LogP contribution >= 0.6 is 0 Å².